The van der Waals surface area contributed by atoms with Crippen LogP contribution in [0.3, 0.4) is 0 Å². The highest BCUT2D eigenvalue weighted by Crippen LogP contribution is 2.26. The highest BCUT2D eigenvalue weighted by atomic mass is 35.5. The zero-order chi connectivity index (χ0) is 20.0. The molecule has 1 amide bonds. The molecule has 2 atom stereocenters. The minimum Gasteiger partial charge on any atom is -0.494 e. The summed E-state index contributed by atoms with van der Waals surface area (Å²) in [6, 6.07) is 11.2. The molecule has 2 aromatic carbocycles. The maximum Gasteiger partial charge on any atom is 0.338 e. The van der Waals surface area contributed by atoms with E-state index in [1.807, 2.05) is 6.92 Å². The third-order valence-corrected chi connectivity index (χ3v) is 4.40. The van der Waals surface area contributed by atoms with E-state index in [9.17, 15) is 9.59 Å². The number of nitrogens with one attached hydrogen (secondary N) is 1. The number of esters is 1. The first kappa shape index (κ1) is 21.1. The van der Waals surface area contributed by atoms with Crippen LogP contribution in [0.4, 0.5) is 0 Å². The van der Waals surface area contributed by atoms with Crippen LogP contribution in [0.1, 0.15) is 42.7 Å². The van der Waals surface area contributed by atoms with Gasteiger partial charge in [0.05, 0.1) is 18.2 Å². The molecule has 0 saturated heterocycles. The van der Waals surface area contributed by atoms with Gasteiger partial charge in [-0.25, -0.2) is 4.79 Å². The lowest BCUT2D eigenvalue weighted by Crippen LogP contribution is -2.37. The van der Waals surface area contributed by atoms with Gasteiger partial charge in [-0.1, -0.05) is 29.3 Å². The summed E-state index contributed by atoms with van der Waals surface area (Å²) >= 11 is 12.0. The van der Waals surface area contributed by atoms with Gasteiger partial charge in [0.2, 0.25) is 0 Å². The van der Waals surface area contributed by atoms with Crippen molar-refractivity contribution in [1.82, 2.24) is 5.32 Å². The Labute approximate surface area is 168 Å². The van der Waals surface area contributed by atoms with Gasteiger partial charge in [-0.05, 0) is 62.7 Å². The van der Waals surface area contributed by atoms with Crippen molar-refractivity contribution in [2.45, 2.75) is 32.9 Å². The zero-order valence-corrected chi connectivity index (χ0v) is 16.8. The molecule has 0 aliphatic heterocycles. The van der Waals surface area contributed by atoms with E-state index in [0.29, 0.717) is 28.0 Å². The van der Waals surface area contributed by atoms with Crippen molar-refractivity contribution in [2.24, 2.45) is 0 Å². The molecule has 0 saturated carbocycles. The third kappa shape index (κ3) is 5.88. The van der Waals surface area contributed by atoms with Gasteiger partial charge < -0.3 is 14.8 Å². The van der Waals surface area contributed by atoms with Crippen molar-refractivity contribution in [1.29, 1.82) is 0 Å². The maximum absolute atomic E-state index is 12.3. The number of benzene rings is 2. The Bertz CT molecular complexity index is 808. The highest BCUT2D eigenvalue weighted by molar-refractivity contribution is 6.35. The number of carbonyl (C=O) groups excluding carboxylic acids is 2. The zero-order valence-electron chi connectivity index (χ0n) is 15.3. The summed E-state index contributed by atoms with van der Waals surface area (Å²) in [5, 5.41) is 3.74. The summed E-state index contributed by atoms with van der Waals surface area (Å²) in [7, 11) is 0. The Morgan fingerprint density at radius 2 is 1.74 bits per heavy atom. The Balaban J connectivity index is 1.95. The van der Waals surface area contributed by atoms with Gasteiger partial charge in [-0.2, -0.15) is 0 Å². The molecule has 2 aromatic rings. The van der Waals surface area contributed by atoms with Gasteiger partial charge in [0.25, 0.3) is 5.91 Å². The monoisotopic (exact) mass is 409 g/mol. The number of halogens is 2. The fraction of sp³-hybridized carbons (Fsp3) is 0.300. The number of hydrogen-bond donors (Lipinski definition) is 1. The molecule has 0 aliphatic rings. The van der Waals surface area contributed by atoms with E-state index in [1.165, 1.54) is 6.92 Å². The molecular formula is C20H21Cl2NO4. The van der Waals surface area contributed by atoms with E-state index in [-0.39, 0.29) is 6.04 Å². The number of carbonyl (C=O) groups is 2. The minimum absolute atomic E-state index is 0.340. The van der Waals surface area contributed by atoms with E-state index in [1.54, 1.807) is 49.4 Å². The van der Waals surface area contributed by atoms with E-state index < -0.39 is 18.0 Å². The van der Waals surface area contributed by atoms with Crippen LogP contribution in [0, 0.1) is 0 Å². The Hall–Kier alpha value is -2.24. The second kappa shape index (κ2) is 9.62. The fourth-order valence-corrected chi connectivity index (χ4v) is 2.97. The second-order valence-electron chi connectivity index (χ2n) is 5.90. The molecule has 0 radical (unpaired) electrons. The smallest absolute Gasteiger partial charge is 0.338 e. The van der Waals surface area contributed by atoms with Crippen LogP contribution >= 0.6 is 23.2 Å². The van der Waals surface area contributed by atoms with Gasteiger partial charge in [0, 0.05) is 10.0 Å². The van der Waals surface area contributed by atoms with Gasteiger partial charge in [0.1, 0.15) is 5.75 Å². The van der Waals surface area contributed by atoms with E-state index in [0.717, 1.165) is 5.56 Å². The van der Waals surface area contributed by atoms with Crippen LogP contribution in [0.2, 0.25) is 10.0 Å². The summed E-state index contributed by atoms with van der Waals surface area (Å²) in [4.78, 5) is 24.5. The van der Waals surface area contributed by atoms with Gasteiger partial charge in [-0.15, -0.1) is 0 Å². The first-order valence-corrected chi connectivity index (χ1v) is 9.26. The standard InChI is InChI=1S/C20H21Cl2NO4/c1-4-26-16-8-5-14(6-9-16)20(25)27-13(3)19(24)23-12(2)17-10-7-15(21)11-18(17)22/h5-13H,4H2,1-3H3,(H,23,24)/t12-,13-/m0/s1. The maximum atomic E-state index is 12.3. The first-order valence-electron chi connectivity index (χ1n) is 8.51. The van der Waals surface area contributed by atoms with Crippen molar-refractivity contribution in [3.63, 3.8) is 0 Å². The average Bonchev–Trinajstić information content (AvgIpc) is 2.62. The van der Waals surface area contributed by atoms with Gasteiger partial charge in [-0.3, -0.25) is 4.79 Å². The molecule has 0 aliphatic carbocycles. The molecule has 5 nitrogen and oxygen atoms in total. The lowest BCUT2D eigenvalue weighted by molar-refractivity contribution is -0.129. The van der Waals surface area contributed by atoms with Crippen molar-refractivity contribution in [3.8, 4) is 5.75 Å². The van der Waals surface area contributed by atoms with E-state index in [2.05, 4.69) is 5.32 Å². The summed E-state index contributed by atoms with van der Waals surface area (Å²) in [5.74, 6) is -0.348. The summed E-state index contributed by atoms with van der Waals surface area (Å²) in [6.45, 7) is 5.71. The summed E-state index contributed by atoms with van der Waals surface area (Å²) in [6.07, 6.45) is -0.961. The highest BCUT2D eigenvalue weighted by Gasteiger charge is 2.21. The Morgan fingerprint density at radius 3 is 2.33 bits per heavy atom. The SMILES string of the molecule is CCOc1ccc(C(=O)O[C@@H](C)C(=O)N[C@@H](C)c2ccc(Cl)cc2Cl)cc1. The van der Waals surface area contributed by atoms with Gasteiger partial charge >= 0.3 is 5.97 Å². The molecule has 27 heavy (non-hydrogen) atoms. The molecular weight excluding hydrogens is 389 g/mol. The predicted molar refractivity (Wildman–Crippen MR) is 106 cm³/mol. The molecule has 2 rings (SSSR count). The minimum atomic E-state index is -0.961. The molecule has 7 heteroatoms. The lowest BCUT2D eigenvalue weighted by atomic mass is 10.1. The van der Waals surface area contributed by atoms with Crippen LogP contribution < -0.4 is 10.1 Å². The molecule has 144 valence electrons. The van der Waals surface area contributed by atoms with Crippen molar-refractivity contribution in [3.05, 3.63) is 63.6 Å². The van der Waals surface area contributed by atoms with E-state index >= 15 is 0 Å². The quantitative estimate of drug-likeness (QED) is 0.665. The first-order chi connectivity index (χ1) is 12.8. The van der Waals surface area contributed by atoms with Gasteiger partial charge in [0.15, 0.2) is 6.10 Å². The molecule has 0 spiro atoms. The Kier molecular flexibility index (Phi) is 7.51. The predicted octanol–water partition coefficient (Wildman–Crippen LogP) is 4.81. The lowest BCUT2D eigenvalue weighted by Gasteiger charge is -2.19. The van der Waals surface area contributed by atoms with Crippen LogP contribution in [0.5, 0.6) is 5.75 Å². The largest absolute Gasteiger partial charge is 0.494 e. The van der Waals surface area contributed by atoms with Crippen LogP contribution in [-0.4, -0.2) is 24.6 Å². The number of amides is 1. The molecule has 1 N–H and O–H groups in total. The van der Waals surface area contributed by atoms with Crippen LogP contribution in [0.25, 0.3) is 0 Å². The molecule has 0 unspecified atom stereocenters. The molecule has 0 fully saturated rings. The van der Waals surface area contributed by atoms with Crippen molar-refractivity contribution >= 4 is 35.1 Å². The van der Waals surface area contributed by atoms with Crippen molar-refractivity contribution in [2.75, 3.05) is 6.61 Å². The topological polar surface area (TPSA) is 64.6 Å². The summed E-state index contributed by atoms with van der Waals surface area (Å²) < 4.78 is 10.6. The van der Waals surface area contributed by atoms with Crippen LogP contribution in [-0.2, 0) is 9.53 Å². The molecule has 0 heterocycles. The third-order valence-electron chi connectivity index (χ3n) is 3.84. The number of ether oxygens (including phenoxy) is 2. The molecule has 0 bridgehead atoms. The van der Waals surface area contributed by atoms with Crippen LogP contribution in [0.15, 0.2) is 42.5 Å². The van der Waals surface area contributed by atoms with E-state index in [4.69, 9.17) is 32.7 Å². The van der Waals surface area contributed by atoms with Crippen molar-refractivity contribution < 1.29 is 19.1 Å². The Morgan fingerprint density at radius 1 is 1.07 bits per heavy atom. The normalized spacial score (nSPS) is 12.8. The average molecular weight is 410 g/mol. The fourth-order valence-electron chi connectivity index (χ4n) is 2.40. The second-order valence-corrected chi connectivity index (χ2v) is 6.74. The molecule has 0 aromatic heterocycles. The summed E-state index contributed by atoms with van der Waals surface area (Å²) in [5.41, 5.74) is 1.06. The number of hydrogen-bond acceptors (Lipinski definition) is 4. The number of rotatable bonds is 7.